The smallest absolute Gasteiger partial charge is 0.274 e. The fraction of sp³-hybridized carbons (Fsp3) is 0.423. The highest BCUT2D eigenvalue weighted by molar-refractivity contribution is 5.94. The maximum Gasteiger partial charge on any atom is 0.274 e. The number of carbonyl (C=O) groups excluding carboxylic acids is 1. The van der Waals surface area contributed by atoms with Gasteiger partial charge >= 0.3 is 0 Å². The Labute approximate surface area is 189 Å². The summed E-state index contributed by atoms with van der Waals surface area (Å²) >= 11 is 0. The molecule has 0 spiro atoms. The lowest BCUT2D eigenvalue weighted by molar-refractivity contribution is 0.0636. The Balaban J connectivity index is 1.23. The van der Waals surface area contributed by atoms with Gasteiger partial charge in [0.05, 0.1) is 5.69 Å². The molecule has 1 saturated heterocycles. The summed E-state index contributed by atoms with van der Waals surface area (Å²) in [5.74, 6) is 0.0739. The van der Waals surface area contributed by atoms with Crippen molar-refractivity contribution in [2.24, 2.45) is 0 Å². The molecule has 0 atom stereocenters. The zero-order chi connectivity index (χ0) is 21.9. The highest BCUT2D eigenvalue weighted by Crippen LogP contribution is 2.29. The van der Waals surface area contributed by atoms with Gasteiger partial charge in [-0.15, -0.1) is 0 Å². The van der Waals surface area contributed by atoms with E-state index < -0.39 is 0 Å². The SMILES string of the molecule is CN(C(=O)c1nn(-c2ccccc2)c2c1CCC2)C1CCN(CCc2ccccn2)CC1. The second-order valence-corrected chi connectivity index (χ2v) is 8.93. The van der Waals surface area contributed by atoms with Crippen molar-refractivity contribution in [1.82, 2.24) is 24.6 Å². The highest BCUT2D eigenvalue weighted by atomic mass is 16.2. The Morgan fingerprint density at radius 1 is 1.06 bits per heavy atom. The third-order valence-electron chi connectivity index (χ3n) is 6.97. The van der Waals surface area contributed by atoms with Crippen molar-refractivity contribution in [1.29, 1.82) is 0 Å². The monoisotopic (exact) mass is 429 g/mol. The molecule has 1 aromatic carbocycles. The van der Waals surface area contributed by atoms with E-state index in [-0.39, 0.29) is 11.9 Å². The lowest BCUT2D eigenvalue weighted by Crippen LogP contribution is -2.46. The van der Waals surface area contributed by atoms with Crippen LogP contribution in [0.4, 0.5) is 0 Å². The fourth-order valence-corrected chi connectivity index (χ4v) is 5.07. The average molecular weight is 430 g/mol. The first-order valence-corrected chi connectivity index (χ1v) is 11.8. The summed E-state index contributed by atoms with van der Waals surface area (Å²) in [7, 11) is 1.96. The molecule has 3 aromatic rings. The van der Waals surface area contributed by atoms with Gasteiger partial charge < -0.3 is 9.80 Å². The largest absolute Gasteiger partial charge is 0.337 e. The third kappa shape index (κ3) is 4.19. The average Bonchev–Trinajstić information content (AvgIpc) is 3.46. The van der Waals surface area contributed by atoms with Crippen LogP contribution < -0.4 is 0 Å². The summed E-state index contributed by atoms with van der Waals surface area (Å²) in [4.78, 5) is 22.3. The van der Waals surface area contributed by atoms with Crippen molar-refractivity contribution in [3.05, 3.63) is 77.4 Å². The Kier molecular flexibility index (Phi) is 6.04. The van der Waals surface area contributed by atoms with Gasteiger partial charge in [0.15, 0.2) is 5.69 Å². The van der Waals surface area contributed by atoms with Crippen LogP contribution in [-0.4, -0.2) is 63.2 Å². The zero-order valence-corrected chi connectivity index (χ0v) is 18.8. The summed E-state index contributed by atoms with van der Waals surface area (Å²) < 4.78 is 1.99. The Hall–Kier alpha value is -2.99. The number of nitrogens with zero attached hydrogens (tertiary/aromatic N) is 5. The number of benzene rings is 1. The minimum absolute atomic E-state index is 0.0739. The lowest BCUT2D eigenvalue weighted by Gasteiger charge is -2.36. The van der Waals surface area contributed by atoms with E-state index in [9.17, 15) is 4.79 Å². The predicted octanol–water partition coefficient (Wildman–Crippen LogP) is 3.54. The zero-order valence-electron chi connectivity index (χ0n) is 18.8. The number of fused-ring (bicyclic) bond motifs is 1. The molecule has 6 nitrogen and oxygen atoms in total. The van der Waals surface area contributed by atoms with Gasteiger partial charge in [-0.25, -0.2) is 4.68 Å². The van der Waals surface area contributed by atoms with Crippen molar-refractivity contribution in [3.8, 4) is 5.69 Å². The molecular weight excluding hydrogens is 398 g/mol. The van der Waals surface area contributed by atoms with E-state index in [0.29, 0.717) is 5.69 Å². The van der Waals surface area contributed by atoms with Crippen LogP contribution in [-0.2, 0) is 19.3 Å². The molecule has 0 saturated carbocycles. The number of aromatic nitrogens is 3. The van der Waals surface area contributed by atoms with Gasteiger partial charge in [0.25, 0.3) is 5.91 Å². The van der Waals surface area contributed by atoms with Crippen molar-refractivity contribution in [2.45, 2.75) is 44.6 Å². The molecule has 2 aromatic heterocycles. The Bertz CT molecular complexity index is 1050. The van der Waals surface area contributed by atoms with E-state index in [1.165, 1.54) is 5.69 Å². The number of pyridine rings is 1. The molecule has 1 aliphatic carbocycles. The molecule has 0 unspecified atom stereocenters. The summed E-state index contributed by atoms with van der Waals surface area (Å²) in [5.41, 5.74) is 5.19. The van der Waals surface area contributed by atoms with Crippen LogP contribution in [0.15, 0.2) is 54.7 Å². The van der Waals surface area contributed by atoms with E-state index >= 15 is 0 Å². The van der Waals surface area contributed by atoms with Crippen molar-refractivity contribution in [2.75, 3.05) is 26.7 Å². The minimum Gasteiger partial charge on any atom is -0.337 e. The van der Waals surface area contributed by atoms with Crippen molar-refractivity contribution >= 4 is 5.91 Å². The summed E-state index contributed by atoms with van der Waals surface area (Å²) in [5, 5.41) is 4.80. The molecule has 5 rings (SSSR count). The number of carbonyl (C=O) groups is 1. The molecule has 0 radical (unpaired) electrons. The van der Waals surface area contributed by atoms with E-state index in [1.807, 2.05) is 53.2 Å². The van der Waals surface area contributed by atoms with Crippen LogP contribution in [0.3, 0.4) is 0 Å². The maximum absolute atomic E-state index is 13.5. The summed E-state index contributed by atoms with van der Waals surface area (Å²) in [6, 6.07) is 16.5. The second-order valence-electron chi connectivity index (χ2n) is 8.93. The molecular formula is C26H31N5O. The number of hydrogen-bond acceptors (Lipinski definition) is 4. The molecule has 6 heteroatoms. The summed E-state index contributed by atoms with van der Waals surface area (Å²) in [6.07, 6.45) is 7.88. The highest BCUT2D eigenvalue weighted by Gasteiger charge is 2.32. The first-order chi connectivity index (χ1) is 15.7. The van der Waals surface area contributed by atoms with Gasteiger partial charge in [0.1, 0.15) is 0 Å². The van der Waals surface area contributed by atoms with Crippen LogP contribution in [0.25, 0.3) is 5.69 Å². The topological polar surface area (TPSA) is 54.3 Å². The van der Waals surface area contributed by atoms with E-state index in [2.05, 4.69) is 28.1 Å². The molecule has 3 heterocycles. The molecule has 166 valence electrons. The third-order valence-corrected chi connectivity index (χ3v) is 6.97. The van der Waals surface area contributed by atoms with E-state index in [4.69, 9.17) is 5.10 Å². The van der Waals surface area contributed by atoms with E-state index in [0.717, 1.165) is 75.1 Å². The predicted molar refractivity (Wildman–Crippen MR) is 125 cm³/mol. The molecule has 1 fully saturated rings. The molecule has 32 heavy (non-hydrogen) atoms. The van der Waals surface area contributed by atoms with Gasteiger partial charge in [-0.3, -0.25) is 9.78 Å². The minimum atomic E-state index is 0.0739. The number of likely N-dealkylation sites (tertiary alicyclic amines) is 1. The summed E-state index contributed by atoms with van der Waals surface area (Å²) in [6.45, 7) is 3.06. The van der Waals surface area contributed by atoms with Gasteiger partial charge in [-0.05, 0) is 56.4 Å². The Morgan fingerprint density at radius 3 is 2.59 bits per heavy atom. The van der Waals surface area contributed by atoms with E-state index in [1.54, 1.807) is 0 Å². The first kappa shape index (κ1) is 20.9. The van der Waals surface area contributed by atoms with Crippen LogP contribution in [0.2, 0.25) is 0 Å². The first-order valence-electron chi connectivity index (χ1n) is 11.8. The van der Waals surface area contributed by atoms with Crippen LogP contribution >= 0.6 is 0 Å². The number of rotatable bonds is 6. The molecule has 0 bridgehead atoms. The standard InChI is InChI=1S/C26H31N5O/c1-29(21-14-18-30(19-15-21)17-13-20-8-5-6-16-27-20)26(32)25-23-11-7-12-24(23)31(28-25)22-9-3-2-4-10-22/h2-6,8-10,16,21H,7,11-15,17-19H2,1H3. The van der Waals surface area contributed by atoms with Gasteiger partial charge in [-0.2, -0.15) is 5.10 Å². The van der Waals surface area contributed by atoms with Crippen molar-refractivity contribution < 1.29 is 4.79 Å². The Morgan fingerprint density at radius 2 is 1.84 bits per heavy atom. The van der Waals surface area contributed by atoms with Crippen LogP contribution in [0.5, 0.6) is 0 Å². The second kappa shape index (κ2) is 9.25. The quantitative estimate of drug-likeness (QED) is 0.602. The molecule has 0 N–H and O–H groups in total. The molecule has 1 aliphatic heterocycles. The van der Waals surface area contributed by atoms with Gasteiger partial charge in [0, 0.05) is 62.3 Å². The molecule has 2 aliphatic rings. The molecule has 1 amide bonds. The van der Waals surface area contributed by atoms with Gasteiger partial charge in [-0.1, -0.05) is 24.3 Å². The normalized spacial score (nSPS) is 16.8. The number of amides is 1. The number of para-hydroxylation sites is 1. The lowest BCUT2D eigenvalue weighted by atomic mass is 10.0. The van der Waals surface area contributed by atoms with Gasteiger partial charge in [0.2, 0.25) is 0 Å². The van der Waals surface area contributed by atoms with Crippen molar-refractivity contribution in [3.63, 3.8) is 0 Å². The fourth-order valence-electron chi connectivity index (χ4n) is 5.07. The number of hydrogen-bond donors (Lipinski definition) is 0. The van der Waals surface area contributed by atoms with Crippen LogP contribution in [0, 0.1) is 0 Å². The number of piperidine rings is 1. The maximum atomic E-state index is 13.5. The van der Waals surface area contributed by atoms with Crippen LogP contribution in [0.1, 0.15) is 46.7 Å².